The second kappa shape index (κ2) is 8.23. The van der Waals surface area contributed by atoms with Crippen LogP contribution in [0.1, 0.15) is 33.5 Å². The Morgan fingerprint density at radius 2 is 2.06 bits per heavy atom. The van der Waals surface area contributed by atoms with Gasteiger partial charge in [0.1, 0.15) is 0 Å². The molecule has 0 aliphatic carbocycles. The maximum absolute atomic E-state index is 13.1. The average molecular weight is 445 g/mol. The molecule has 1 aliphatic rings. The molecule has 1 aliphatic heterocycles. The van der Waals surface area contributed by atoms with Crippen LogP contribution in [0.2, 0.25) is 0 Å². The molecule has 0 radical (unpaired) electrons. The van der Waals surface area contributed by atoms with Crippen molar-refractivity contribution in [3.8, 4) is 17.2 Å². The SMILES string of the molecule is CCOC(=O)c1cc(NC(=O)c2nnn(-c3cccc4ncccc34)c2C)c2c(c1)OCO2. The Kier molecular flexibility index (Phi) is 5.09. The summed E-state index contributed by atoms with van der Waals surface area (Å²) in [6.45, 7) is 3.67. The van der Waals surface area contributed by atoms with Gasteiger partial charge in [0, 0.05) is 11.6 Å². The van der Waals surface area contributed by atoms with Crippen molar-refractivity contribution in [2.75, 3.05) is 18.7 Å². The van der Waals surface area contributed by atoms with E-state index in [0.717, 1.165) is 16.6 Å². The third-order valence-electron chi connectivity index (χ3n) is 5.19. The topological polar surface area (TPSA) is 117 Å². The lowest BCUT2D eigenvalue weighted by Crippen LogP contribution is -2.15. The first-order chi connectivity index (χ1) is 16.1. The Balaban J connectivity index is 1.49. The third kappa shape index (κ3) is 3.61. The molecular formula is C23H19N5O5. The van der Waals surface area contributed by atoms with Crippen LogP contribution in [-0.4, -0.2) is 45.3 Å². The Morgan fingerprint density at radius 1 is 1.18 bits per heavy atom. The van der Waals surface area contributed by atoms with Crippen molar-refractivity contribution in [2.45, 2.75) is 13.8 Å². The average Bonchev–Trinajstić information content (AvgIpc) is 3.45. The Morgan fingerprint density at radius 3 is 2.91 bits per heavy atom. The van der Waals surface area contributed by atoms with E-state index < -0.39 is 11.9 Å². The lowest BCUT2D eigenvalue weighted by Gasteiger charge is -2.10. The number of ether oxygens (including phenoxy) is 3. The zero-order valence-electron chi connectivity index (χ0n) is 17.9. The van der Waals surface area contributed by atoms with Crippen molar-refractivity contribution < 1.29 is 23.8 Å². The summed E-state index contributed by atoms with van der Waals surface area (Å²) in [5.74, 6) is -0.352. The first kappa shape index (κ1) is 20.4. The lowest BCUT2D eigenvalue weighted by molar-refractivity contribution is 0.0525. The van der Waals surface area contributed by atoms with Crippen LogP contribution >= 0.6 is 0 Å². The molecule has 1 N–H and O–H groups in total. The second-order valence-electron chi connectivity index (χ2n) is 7.21. The molecule has 10 heteroatoms. The summed E-state index contributed by atoms with van der Waals surface area (Å²) in [6.07, 6.45) is 1.72. The molecule has 10 nitrogen and oxygen atoms in total. The molecule has 5 rings (SSSR count). The largest absolute Gasteiger partial charge is 0.462 e. The van der Waals surface area contributed by atoms with Crippen LogP contribution in [0.4, 0.5) is 5.69 Å². The molecule has 0 spiro atoms. The smallest absolute Gasteiger partial charge is 0.338 e. The van der Waals surface area contributed by atoms with E-state index in [1.807, 2.05) is 30.3 Å². The molecule has 1 amide bonds. The van der Waals surface area contributed by atoms with Crippen LogP contribution in [-0.2, 0) is 4.74 Å². The normalized spacial score (nSPS) is 12.1. The first-order valence-corrected chi connectivity index (χ1v) is 10.3. The summed E-state index contributed by atoms with van der Waals surface area (Å²) < 4.78 is 17.5. The minimum Gasteiger partial charge on any atom is -0.462 e. The fourth-order valence-electron chi connectivity index (χ4n) is 3.66. The maximum atomic E-state index is 13.1. The maximum Gasteiger partial charge on any atom is 0.338 e. The number of carbonyl (C=O) groups is 2. The molecule has 0 saturated heterocycles. The highest BCUT2D eigenvalue weighted by Crippen LogP contribution is 2.40. The number of hydrogen-bond acceptors (Lipinski definition) is 8. The van der Waals surface area contributed by atoms with Gasteiger partial charge < -0.3 is 19.5 Å². The summed E-state index contributed by atoms with van der Waals surface area (Å²) in [6, 6.07) is 12.4. The van der Waals surface area contributed by atoms with E-state index in [2.05, 4.69) is 20.6 Å². The summed E-state index contributed by atoms with van der Waals surface area (Å²) in [5, 5.41) is 11.9. The Hall–Kier alpha value is -4.47. The number of esters is 1. The number of nitrogens with one attached hydrogen (secondary N) is 1. The fourth-order valence-corrected chi connectivity index (χ4v) is 3.66. The van der Waals surface area contributed by atoms with Gasteiger partial charge in [0.05, 0.1) is 34.8 Å². The molecule has 0 bridgehead atoms. The predicted molar refractivity (Wildman–Crippen MR) is 118 cm³/mol. The highest BCUT2D eigenvalue weighted by Gasteiger charge is 2.25. The number of hydrogen-bond donors (Lipinski definition) is 1. The van der Waals surface area contributed by atoms with Crippen molar-refractivity contribution in [3.63, 3.8) is 0 Å². The third-order valence-corrected chi connectivity index (χ3v) is 5.19. The van der Waals surface area contributed by atoms with Gasteiger partial charge in [-0.2, -0.15) is 0 Å². The van der Waals surface area contributed by atoms with E-state index in [0.29, 0.717) is 17.2 Å². The molecule has 2 aromatic heterocycles. The fraction of sp³-hybridized carbons (Fsp3) is 0.174. The second-order valence-corrected chi connectivity index (χ2v) is 7.21. The van der Waals surface area contributed by atoms with Gasteiger partial charge in [-0.3, -0.25) is 9.78 Å². The standard InChI is InChI=1S/C23H19N5O5/c1-3-31-23(30)14-10-17(21-19(11-14)32-12-33-21)25-22(29)20-13(2)28(27-26-20)18-8-4-7-16-15(18)6-5-9-24-16/h4-11H,3,12H2,1-2H3,(H,25,29). The molecular weight excluding hydrogens is 426 g/mol. The molecule has 0 atom stereocenters. The van der Waals surface area contributed by atoms with E-state index in [9.17, 15) is 9.59 Å². The molecule has 0 fully saturated rings. The summed E-state index contributed by atoms with van der Waals surface area (Å²) in [5.41, 5.74) is 2.75. The minimum atomic E-state index is -0.530. The first-order valence-electron chi connectivity index (χ1n) is 10.3. The van der Waals surface area contributed by atoms with Gasteiger partial charge in [0.15, 0.2) is 17.2 Å². The van der Waals surface area contributed by atoms with Gasteiger partial charge >= 0.3 is 5.97 Å². The molecule has 0 saturated carbocycles. The van der Waals surface area contributed by atoms with Crippen molar-refractivity contribution in [3.05, 3.63) is 65.6 Å². The summed E-state index contributed by atoms with van der Waals surface area (Å²) >= 11 is 0. The van der Waals surface area contributed by atoms with Gasteiger partial charge in [0.2, 0.25) is 6.79 Å². The van der Waals surface area contributed by atoms with Crippen molar-refractivity contribution in [2.24, 2.45) is 0 Å². The zero-order valence-corrected chi connectivity index (χ0v) is 17.9. The number of amides is 1. The molecule has 0 unspecified atom stereocenters. The van der Waals surface area contributed by atoms with Crippen molar-refractivity contribution in [1.82, 2.24) is 20.0 Å². The van der Waals surface area contributed by atoms with E-state index in [4.69, 9.17) is 14.2 Å². The van der Waals surface area contributed by atoms with Gasteiger partial charge in [-0.25, -0.2) is 9.48 Å². The van der Waals surface area contributed by atoms with Crippen LogP contribution in [0.3, 0.4) is 0 Å². The van der Waals surface area contributed by atoms with E-state index in [1.165, 1.54) is 12.1 Å². The van der Waals surface area contributed by atoms with Crippen LogP contribution in [0.15, 0.2) is 48.7 Å². The summed E-state index contributed by atoms with van der Waals surface area (Å²) in [4.78, 5) is 29.7. The number of nitrogens with zero attached hydrogens (tertiary/aromatic N) is 4. The van der Waals surface area contributed by atoms with Crippen molar-refractivity contribution >= 4 is 28.5 Å². The van der Waals surface area contributed by atoms with E-state index in [1.54, 1.807) is 24.7 Å². The monoisotopic (exact) mass is 445 g/mol. The number of aromatic nitrogens is 4. The Bertz CT molecular complexity index is 1390. The summed E-state index contributed by atoms with van der Waals surface area (Å²) in [7, 11) is 0. The van der Waals surface area contributed by atoms with Crippen LogP contribution in [0, 0.1) is 6.92 Å². The molecule has 3 heterocycles. The van der Waals surface area contributed by atoms with Gasteiger partial charge in [-0.15, -0.1) is 5.10 Å². The number of benzene rings is 2. The minimum absolute atomic E-state index is 0.0190. The Labute approximate surface area is 188 Å². The zero-order chi connectivity index (χ0) is 22.9. The van der Waals surface area contributed by atoms with E-state index in [-0.39, 0.29) is 30.3 Å². The van der Waals surface area contributed by atoms with Gasteiger partial charge in [-0.1, -0.05) is 11.3 Å². The molecule has 4 aromatic rings. The molecule has 33 heavy (non-hydrogen) atoms. The number of carbonyl (C=O) groups excluding carboxylic acids is 2. The van der Waals surface area contributed by atoms with Gasteiger partial charge in [-0.05, 0) is 50.2 Å². The number of anilines is 1. The van der Waals surface area contributed by atoms with Gasteiger partial charge in [0.25, 0.3) is 5.91 Å². The quantitative estimate of drug-likeness (QED) is 0.465. The highest BCUT2D eigenvalue weighted by atomic mass is 16.7. The van der Waals surface area contributed by atoms with Crippen LogP contribution in [0.5, 0.6) is 11.5 Å². The molecule has 166 valence electrons. The number of rotatable bonds is 5. The van der Waals surface area contributed by atoms with E-state index >= 15 is 0 Å². The molecule has 2 aromatic carbocycles. The lowest BCUT2D eigenvalue weighted by atomic mass is 10.1. The predicted octanol–water partition coefficient (Wildman–Crippen LogP) is 3.28. The van der Waals surface area contributed by atoms with Crippen molar-refractivity contribution in [1.29, 1.82) is 0 Å². The van der Waals surface area contributed by atoms with Crippen LogP contribution in [0.25, 0.3) is 16.6 Å². The van der Waals surface area contributed by atoms with Crippen LogP contribution < -0.4 is 14.8 Å². The highest BCUT2D eigenvalue weighted by molar-refractivity contribution is 6.05. The number of fused-ring (bicyclic) bond motifs is 2. The number of pyridine rings is 1.